The van der Waals surface area contributed by atoms with Gasteiger partial charge < -0.3 is 10.6 Å². The van der Waals surface area contributed by atoms with Crippen molar-refractivity contribution in [3.05, 3.63) is 69.9 Å². The Kier molecular flexibility index (Phi) is 5.88. The van der Waals surface area contributed by atoms with Gasteiger partial charge in [-0.15, -0.1) is 0 Å². The van der Waals surface area contributed by atoms with Crippen LogP contribution in [0.4, 0.5) is 16.0 Å². The summed E-state index contributed by atoms with van der Waals surface area (Å²) in [5, 5.41) is 7.10. The number of hydrogen-bond acceptors (Lipinski definition) is 6. The van der Waals surface area contributed by atoms with E-state index in [1.54, 1.807) is 35.6 Å². The molecule has 1 aliphatic heterocycles. The van der Waals surface area contributed by atoms with E-state index in [0.29, 0.717) is 28.4 Å². The van der Waals surface area contributed by atoms with Gasteiger partial charge in [0.25, 0.3) is 5.56 Å². The van der Waals surface area contributed by atoms with Crippen molar-refractivity contribution in [2.75, 3.05) is 18.5 Å². The maximum Gasteiger partial charge on any atom is 0.278 e. The molecule has 3 aromatic heterocycles. The standard InChI is InChI=1S/C26H30FN7O/c1-16(2)33-24(35)21-14-30-25(31-19-6-5-18-13-28-9-7-17(18)11-19)32-23(21)34(33)20-8-10-29-22(12-20)26(3,4)15-27/h5-6,8,10-12,14,16,28H,7,9,13,15H2,1-4H3,(H,30,31,32). The van der Waals surface area contributed by atoms with E-state index in [9.17, 15) is 9.18 Å². The molecule has 0 atom stereocenters. The Balaban J connectivity index is 1.62. The van der Waals surface area contributed by atoms with E-state index in [1.165, 1.54) is 11.1 Å². The van der Waals surface area contributed by atoms with Crippen LogP contribution in [0.2, 0.25) is 0 Å². The van der Waals surface area contributed by atoms with Crippen molar-refractivity contribution in [2.24, 2.45) is 0 Å². The summed E-state index contributed by atoms with van der Waals surface area (Å²) >= 11 is 0. The monoisotopic (exact) mass is 475 g/mol. The molecule has 1 aromatic carbocycles. The molecule has 8 nitrogen and oxygen atoms in total. The minimum absolute atomic E-state index is 0.131. The van der Waals surface area contributed by atoms with Crippen LogP contribution in [0.3, 0.4) is 0 Å². The van der Waals surface area contributed by atoms with Gasteiger partial charge >= 0.3 is 0 Å². The predicted molar refractivity (Wildman–Crippen MR) is 135 cm³/mol. The van der Waals surface area contributed by atoms with Gasteiger partial charge in [-0.25, -0.2) is 14.3 Å². The molecule has 0 saturated heterocycles. The van der Waals surface area contributed by atoms with Gasteiger partial charge in [-0.2, -0.15) is 4.98 Å². The van der Waals surface area contributed by atoms with E-state index >= 15 is 0 Å². The number of benzene rings is 1. The van der Waals surface area contributed by atoms with Crippen LogP contribution in [0.25, 0.3) is 16.7 Å². The topological polar surface area (TPSA) is 89.7 Å². The number of aromatic nitrogens is 5. The smallest absolute Gasteiger partial charge is 0.278 e. The molecule has 4 heterocycles. The molecule has 182 valence electrons. The van der Waals surface area contributed by atoms with Crippen molar-refractivity contribution in [1.29, 1.82) is 0 Å². The lowest BCUT2D eigenvalue weighted by molar-refractivity contribution is 0.344. The van der Waals surface area contributed by atoms with Crippen molar-refractivity contribution in [2.45, 2.75) is 52.1 Å². The van der Waals surface area contributed by atoms with Crippen LogP contribution in [-0.2, 0) is 18.4 Å². The predicted octanol–water partition coefficient (Wildman–Crippen LogP) is 4.19. The molecule has 4 aromatic rings. The lowest BCUT2D eigenvalue weighted by atomic mass is 9.90. The first-order chi connectivity index (χ1) is 16.8. The van der Waals surface area contributed by atoms with E-state index in [1.807, 2.05) is 32.0 Å². The molecule has 2 N–H and O–H groups in total. The number of fused-ring (bicyclic) bond motifs is 2. The third kappa shape index (κ3) is 4.20. The van der Waals surface area contributed by atoms with E-state index in [2.05, 4.69) is 32.7 Å². The SMILES string of the molecule is CC(C)n1c(=O)c2cnc(Nc3ccc4c(c3)CCNC4)nc2n1-c1ccnc(C(C)(C)CF)c1. The Labute approximate surface area is 203 Å². The van der Waals surface area contributed by atoms with Crippen LogP contribution in [0.5, 0.6) is 0 Å². The molecule has 9 heteroatoms. The molecule has 0 unspecified atom stereocenters. The highest BCUT2D eigenvalue weighted by molar-refractivity contribution is 5.77. The quantitative estimate of drug-likeness (QED) is 0.435. The zero-order chi connectivity index (χ0) is 24.7. The van der Waals surface area contributed by atoms with Crippen molar-refractivity contribution < 1.29 is 4.39 Å². The lowest BCUT2D eigenvalue weighted by Gasteiger charge is -2.21. The summed E-state index contributed by atoms with van der Waals surface area (Å²) in [7, 11) is 0. The summed E-state index contributed by atoms with van der Waals surface area (Å²) in [5.41, 5.74) is 4.37. The van der Waals surface area contributed by atoms with Gasteiger partial charge in [0.15, 0.2) is 5.65 Å². The number of nitrogens with one attached hydrogen (secondary N) is 2. The van der Waals surface area contributed by atoms with Gasteiger partial charge in [0, 0.05) is 36.1 Å². The molecule has 35 heavy (non-hydrogen) atoms. The minimum atomic E-state index is -0.744. The zero-order valence-corrected chi connectivity index (χ0v) is 20.5. The Bertz CT molecular complexity index is 1450. The van der Waals surface area contributed by atoms with E-state index in [0.717, 1.165) is 25.2 Å². The molecule has 0 amide bonds. The second kappa shape index (κ2) is 8.88. The van der Waals surface area contributed by atoms with Crippen molar-refractivity contribution >= 4 is 22.7 Å². The van der Waals surface area contributed by atoms with Crippen LogP contribution in [0, 0.1) is 0 Å². The Morgan fingerprint density at radius 3 is 2.77 bits per heavy atom. The molecule has 0 spiro atoms. The summed E-state index contributed by atoms with van der Waals surface area (Å²) in [6, 6.07) is 9.75. The minimum Gasteiger partial charge on any atom is -0.324 e. The normalized spacial score (nSPS) is 13.9. The van der Waals surface area contributed by atoms with Gasteiger partial charge in [0.05, 0.1) is 11.4 Å². The molecule has 5 rings (SSSR count). The van der Waals surface area contributed by atoms with E-state index in [-0.39, 0.29) is 11.6 Å². The van der Waals surface area contributed by atoms with Crippen LogP contribution >= 0.6 is 0 Å². The lowest BCUT2D eigenvalue weighted by Crippen LogP contribution is -2.25. The fraction of sp³-hybridized carbons (Fsp3) is 0.385. The fourth-order valence-corrected chi connectivity index (χ4v) is 4.45. The van der Waals surface area contributed by atoms with Gasteiger partial charge in [-0.3, -0.25) is 14.2 Å². The highest BCUT2D eigenvalue weighted by atomic mass is 19.1. The molecule has 0 fully saturated rings. The van der Waals surface area contributed by atoms with Crippen LogP contribution in [-0.4, -0.2) is 37.5 Å². The van der Waals surface area contributed by atoms with Crippen LogP contribution in [0.15, 0.2) is 47.5 Å². The number of hydrogen-bond donors (Lipinski definition) is 2. The maximum atomic E-state index is 13.7. The molecule has 0 aliphatic carbocycles. The van der Waals surface area contributed by atoms with Crippen molar-refractivity contribution in [1.82, 2.24) is 29.6 Å². The average molecular weight is 476 g/mol. The average Bonchev–Trinajstić information content (AvgIpc) is 3.16. The number of rotatable bonds is 6. The molecule has 0 saturated carbocycles. The van der Waals surface area contributed by atoms with Crippen LogP contribution < -0.4 is 16.2 Å². The largest absolute Gasteiger partial charge is 0.324 e. The summed E-state index contributed by atoms with van der Waals surface area (Å²) in [4.78, 5) is 26.9. The number of pyridine rings is 1. The third-order valence-electron chi connectivity index (χ3n) is 6.48. The molecule has 1 aliphatic rings. The summed E-state index contributed by atoms with van der Waals surface area (Å²) in [5.74, 6) is 0.402. The Morgan fingerprint density at radius 2 is 2.00 bits per heavy atom. The third-order valence-corrected chi connectivity index (χ3v) is 6.48. The van der Waals surface area contributed by atoms with Gasteiger partial charge in [-0.1, -0.05) is 19.9 Å². The summed E-state index contributed by atoms with van der Waals surface area (Å²) < 4.78 is 17.1. The highest BCUT2D eigenvalue weighted by Crippen LogP contribution is 2.26. The van der Waals surface area contributed by atoms with Crippen molar-refractivity contribution in [3.63, 3.8) is 0 Å². The first-order valence-electron chi connectivity index (χ1n) is 11.9. The first-order valence-corrected chi connectivity index (χ1v) is 11.9. The summed E-state index contributed by atoms with van der Waals surface area (Å²) in [6.07, 6.45) is 4.19. The Hall–Kier alpha value is -3.59. The molecule has 0 bridgehead atoms. The molecule has 0 radical (unpaired) electrons. The second-order valence-electron chi connectivity index (χ2n) is 9.94. The highest BCUT2D eigenvalue weighted by Gasteiger charge is 2.25. The van der Waals surface area contributed by atoms with E-state index in [4.69, 9.17) is 4.98 Å². The number of alkyl halides is 1. The van der Waals surface area contributed by atoms with Crippen LogP contribution in [0.1, 0.15) is 50.6 Å². The van der Waals surface area contributed by atoms with E-state index < -0.39 is 12.1 Å². The molecular formula is C26H30FN7O. The summed E-state index contributed by atoms with van der Waals surface area (Å²) in [6.45, 7) is 8.79. The molecular weight excluding hydrogens is 445 g/mol. The van der Waals surface area contributed by atoms with Gasteiger partial charge in [0.2, 0.25) is 5.95 Å². The number of nitrogens with zero attached hydrogens (tertiary/aromatic N) is 5. The number of anilines is 2. The number of halogens is 1. The van der Waals surface area contributed by atoms with Crippen molar-refractivity contribution in [3.8, 4) is 5.69 Å². The van der Waals surface area contributed by atoms with Gasteiger partial charge in [-0.05, 0) is 62.2 Å². The fourth-order valence-electron chi connectivity index (χ4n) is 4.45. The maximum absolute atomic E-state index is 13.7. The first kappa shape index (κ1) is 23.2. The zero-order valence-electron chi connectivity index (χ0n) is 20.5. The van der Waals surface area contributed by atoms with Gasteiger partial charge in [0.1, 0.15) is 12.1 Å². The Morgan fingerprint density at radius 1 is 1.17 bits per heavy atom. The second-order valence-corrected chi connectivity index (χ2v) is 9.94.